The van der Waals surface area contributed by atoms with Crippen LogP contribution < -0.4 is 5.32 Å². The summed E-state index contributed by atoms with van der Waals surface area (Å²) < 4.78 is 4.61. The topological polar surface area (TPSA) is 107 Å². The Hall–Kier alpha value is -2.68. The summed E-state index contributed by atoms with van der Waals surface area (Å²) in [5.41, 5.74) is 1.99. The number of amides is 1. The van der Waals surface area contributed by atoms with Gasteiger partial charge in [0.05, 0.1) is 12.2 Å². The fourth-order valence-electron chi connectivity index (χ4n) is 1.93. The molecule has 0 aromatic carbocycles. The molecule has 0 atom stereocenters. The van der Waals surface area contributed by atoms with Crippen LogP contribution in [0.3, 0.4) is 0 Å². The van der Waals surface area contributed by atoms with E-state index in [9.17, 15) is 4.79 Å². The average molecular weight is 330 g/mol. The first kappa shape index (κ1) is 15.2. The zero-order valence-electron chi connectivity index (χ0n) is 12.6. The lowest BCUT2D eigenvalue weighted by Gasteiger charge is -2.02. The molecule has 0 spiro atoms. The molecule has 3 aromatic heterocycles. The van der Waals surface area contributed by atoms with E-state index in [1.54, 1.807) is 25.4 Å². The summed E-state index contributed by atoms with van der Waals surface area (Å²) in [5.74, 6) is 0.312. The summed E-state index contributed by atoms with van der Waals surface area (Å²) in [6.45, 7) is 3.98. The summed E-state index contributed by atoms with van der Waals surface area (Å²) in [6, 6.07) is 1.74. The minimum atomic E-state index is -0.205. The summed E-state index contributed by atoms with van der Waals surface area (Å²) >= 11 is 1.28. The molecule has 3 aromatic rings. The van der Waals surface area contributed by atoms with Gasteiger partial charge in [0.25, 0.3) is 5.91 Å². The van der Waals surface area contributed by atoms with E-state index in [0.717, 1.165) is 5.69 Å². The highest BCUT2D eigenvalue weighted by molar-refractivity contribution is 7.17. The van der Waals surface area contributed by atoms with Crippen LogP contribution in [0, 0.1) is 6.92 Å². The maximum Gasteiger partial charge on any atom is 0.263 e. The molecule has 118 valence electrons. The van der Waals surface area contributed by atoms with Crippen molar-refractivity contribution in [2.75, 3.05) is 0 Å². The Kier molecular flexibility index (Phi) is 4.38. The van der Waals surface area contributed by atoms with Crippen LogP contribution in [-0.2, 0) is 13.0 Å². The van der Waals surface area contributed by atoms with Crippen molar-refractivity contribution < 1.29 is 9.42 Å². The van der Waals surface area contributed by atoms with Crippen LogP contribution in [0.2, 0.25) is 0 Å². The van der Waals surface area contributed by atoms with Gasteiger partial charge < -0.3 is 5.32 Å². The third kappa shape index (κ3) is 3.24. The number of aryl methyl sites for hydroxylation is 2. The van der Waals surface area contributed by atoms with Crippen molar-refractivity contribution >= 4 is 17.2 Å². The zero-order chi connectivity index (χ0) is 16.2. The molecule has 0 saturated heterocycles. The Morgan fingerprint density at radius 2 is 2.04 bits per heavy atom. The van der Waals surface area contributed by atoms with Crippen molar-refractivity contribution in [3.63, 3.8) is 0 Å². The molecule has 0 bridgehead atoms. The standard InChI is InChI=1S/C14H14N6O2S/c1-3-9-11(13(21)17-7-10-8(2)19-22-20-10)23-14(18-9)12-15-5-4-6-16-12/h4-6H,3,7H2,1-2H3,(H,17,21). The van der Waals surface area contributed by atoms with Crippen LogP contribution in [-0.4, -0.2) is 31.2 Å². The van der Waals surface area contributed by atoms with Crippen LogP contribution in [0.25, 0.3) is 10.8 Å². The monoisotopic (exact) mass is 330 g/mol. The predicted molar refractivity (Wildman–Crippen MR) is 82.7 cm³/mol. The molecule has 1 N–H and O–H groups in total. The van der Waals surface area contributed by atoms with Crippen LogP contribution in [0.15, 0.2) is 23.1 Å². The molecule has 0 unspecified atom stereocenters. The molecule has 1 amide bonds. The first-order valence-electron chi connectivity index (χ1n) is 7.02. The predicted octanol–water partition coefficient (Wildman–Crippen LogP) is 1.78. The van der Waals surface area contributed by atoms with Crippen molar-refractivity contribution in [2.45, 2.75) is 26.8 Å². The van der Waals surface area contributed by atoms with Gasteiger partial charge in [-0.25, -0.2) is 19.6 Å². The number of carbonyl (C=O) groups is 1. The van der Waals surface area contributed by atoms with E-state index in [1.165, 1.54) is 11.3 Å². The van der Waals surface area contributed by atoms with Crippen molar-refractivity contribution in [2.24, 2.45) is 0 Å². The molecular formula is C14H14N6O2S. The molecule has 0 saturated carbocycles. The van der Waals surface area contributed by atoms with Crippen molar-refractivity contribution in [1.29, 1.82) is 0 Å². The molecule has 0 fully saturated rings. The molecule has 0 aliphatic heterocycles. The third-order valence-electron chi connectivity index (χ3n) is 3.16. The summed E-state index contributed by atoms with van der Waals surface area (Å²) in [5, 5.41) is 10.9. The van der Waals surface area contributed by atoms with Gasteiger partial charge in [0, 0.05) is 12.4 Å². The quantitative estimate of drug-likeness (QED) is 0.760. The number of hydrogen-bond acceptors (Lipinski definition) is 8. The summed E-state index contributed by atoms with van der Waals surface area (Å²) in [4.78, 5) is 25.8. The number of carbonyl (C=O) groups excluding carboxylic acids is 1. The van der Waals surface area contributed by atoms with E-state index in [0.29, 0.717) is 33.5 Å². The average Bonchev–Trinajstić information content (AvgIpc) is 3.19. The first-order valence-corrected chi connectivity index (χ1v) is 7.84. The zero-order valence-corrected chi connectivity index (χ0v) is 13.4. The Morgan fingerprint density at radius 3 is 2.70 bits per heavy atom. The van der Waals surface area contributed by atoms with E-state index < -0.39 is 0 Å². The fraction of sp³-hybridized carbons (Fsp3) is 0.286. The molecule has 9 heteroatoms. The normalized spacial score (nSPS) is 10.7. The first-order chi connectivity index (χ1) is 11.2. The fourth-order valence-corrected chi connectivity index (χ4v) is 2.95. The molecule has 8 nitrogen and oxygen atoms in total. The van der Waals surface area contributed by atoms with Gasteiger partial charge in [-0.15, -0.1) is 11.3 Å². The Morgan fingerprint density at radius 1 is 1.26 bits per heavy atom. The van der Waals surface area contributed by atoms with E-state index in [2.05, 4.69) is 35.2 Å². The second-order valence-electron chi connectivity index (χ2n) is 4.70. The highest BCUT2D eigenvalue weighted by Crippen LogP contribution is 2.26. The maximum absolute atomic E-state index is 12.4. The van der Waals surface area contributed by atoms with Crippen molar-refractivity contribution in [3.05, 3.63) is 40.4 Å². The van der Waals surface area contributed by atoms with Gasteiger partial charge in [0.1, 0.15) is 16.3 Å². The van der Waals surface area contributed by atoms with Gasteiger partial charge in [-0.05, 0) is 19.4 Å². The lowest BCUT2D eigenvalue weighted by Crippen LogP contribution is -2.23. The minimum Gasteiger partial charge on any atom is -0.345 e. The Bertz CT molecular complexity index is 814. The summed E-state index contributed by atoms with van der Waals surface area (Å²) in [7, 11) is 0. The van der Waals surface area contributed by atoms with E-state index >= 15 is 0 Å². The van der Waals surface area contributed by atoms with E-state index in [-0.39, 0.29) is 12.5 Å². The number of rotatable bonds is 5. The highest BCUT2D eigenvalue weighted by atomic mass is 32.1. The molecule has 23 heavy (non-hydrogen) atoms. The smallest absolute Gasteiger partial charge is 0.263 e. The van der Waals surface area contributed by atoms with E-state index in [4.69, 9.17) is 0 Å². The maximum atomic E-state index is 12.4. The largest absolute Gasteiger partial charge is 0.345 e. The van der Waals surface area contributed by atoms with Gasteiger partial charge in [-0.3, -0.25) is 4.79 Å². The number of nitrogens with zero attached hydrogens (tertiary/aromatic N) is 5. The number of hydrogen-bond donors (Lipinski definition) is 1. The SMILES string of the molecule is CCc1nc(-c2ncccn2)sc1C(=O)NCc1nonc1C. The van der Waals surface area contributed by atoms with Crippen LogP contribution in [0.5, 0.6) is 0 Å². The van der Waals surface area contributed by atoms with Gasteiger partial charge in [-0.2, -0.15) is 0 Å². The number of nitrogens with one attached hydrogen (secondary N) is 1. The highest BCUT2D eigenvalue weighted by Gasteiger charge is 2.19. The van der Waals surface area contributed by atoms with Crippen LogP contribution in [0.1, 0.15) is 33.7 Å². The molecule has 0 radical (unpaired) electrons. The lowest BCUT2D eigenvalue weighted by atomic mass is 10.2. The molecule has 3 rings (SSSR count). The Labute approximate surface area is 136 Å². The second-order valence-corrected chi connectivity index (χ2v) is 5.70. The second kappa shape index (κ2) is 6.61. The third-order valence-corrected chi connectivity index (χ3v) is 4.25. The molecule has 3 heterocycles. The van der Waals surface area contributed by atoms with Gasteiger partial charge in [-0.1, -0.05) is 17.2 Å². The number of aromatic nitrogens is 5. The minimum absolute atomic E-state index is 0.205. The van der Waals surface area contributed by atoms with Crippen molar-refractivity contribution in [1.82, 2.24) is 30.6 Å². The summed E-state index contributed by atoms with van der Waals surface area (Å²) in [6.07, 6.45) is 3.95. The molecular weight excluding hydrogens is 316 g/mol. The van der Waals surface area contributed by atoms with E-state index in [1.807, 2.05) is 6.92 Å². The van der Waals surface area contributed by atoms with Gasteiger partial charge >= 0.3 is 0 Å². The number of thiazole rings is 1. The van der Waals surface area contributed by atoms with Crippen LogP contribution >= 0.6 is 11.3 Å². The van der Waals surface area contributed by atoms with Gasteiger partial charge in [0.2, 0.25) is 0 Å². The lowest BCUT2D eigenvalue weighted by molar-refractivity contribution is 0.0953. The molecule has 0 aliphatic rings. The van der Waals surface area contributed by atoms with Crippen molar-refractivity contribution in [3.8, 4) is 10.8 Å². The Balaban J connectivity index is 1.80. The van der Waals surface area contributed by atoms with Gasteiger partial charge in [0.15, 0.2) is 10.8 Å². The molecule has 0 aliphatic carbocycles. The van der Waals surface area contributed by atoms with Crippen LogP contribution in [0.4, 0.5) is 0 Å².